The molecule has 0 aromatic heterocycles. The summed E-state index contributed by atoms with van der Waals surface area (Å²) in [5.74, 6) is 0.456. The number of likely N-dealkylation sites (N-methyl/N-ethyl adjacent to an activating group) is 1. The first-order chi connectivity index (χ1) is 9.09. The van der Waals surface area contributed by atoms with Crippen molar-refractivity contribution in [3.05, 3.63) is 34.9 Å². The molecule has 1 saturated carbocycles. The van der Waals surface area contributed by atoms with Crippen molar-refractivity contribution in [2.45, 2.75) is 25.7 Å². The summed E-state index contributed by atoms with van der Waals surface area (Å²) in [6, 6.07) is 7.61. The van der Waals surface area contributed by atoms with E-state index in [1.807, 2.05) is 43.0 Å². The molecule has 1 fully saturated rings. The first kappa shape index (κ1) is 14.4. The maximum absolute atomic E-state index is 12.8. The van der Waals surface area contributed by atoms with E-state index in [9.17, 15) is 4.79 Å². The highest BCUT2D eigenvalue weighted by molar-refractivity contribution is 6.30. The molecule has 2 atom stereocenters. The molecule has 0 bridgehead atoms. The average Bonchev–Trinajstić information content (AvgIpc) is 3.16. The van der Waals surface area contributed by atoms with Crippen LogP contribution < -0.4 is 5.73 Å². The largest absolute Gasteiger partial charge is 0.342 e. The van der Waals surface area contributed by atoms with Gasteiger partial charge in [0.15, 0.2) is 0 Å². The van der Waals surface area contributed by atoms with E-state index in [0.29, 0.717) is 11.6 Å². The number of hydrogen-bond acceptors (Lipinski definition) is 2. The predicted molar refractivity (Wildman–Crippen MR) is 78.2 cm³/mol. The molecular formula is C15H21ClN2O. The summed E-state index contributed by atoms with van der Waals surface area (Å²) in [7, 11) is 0. The van der Waals surface area contributed by atoms with Crippen LogP contribution >= 0.6 is 11.6 Å². The van der Waals surface area contributed by atoms with E-state index in [2.05, 4.69) is 0 Å². The Morgan fingerprint density at radius 2 is 1.95 bits per heavy atom. The second kappa shape index (κ2) is 5.51. The van der Waals surface area contributed by atoms with E-state index in [1.54, 1.807) is 0 Å². The van der Waals surface area contributed by atoms with Gasteiger partial charge in [-0.1, -0.05) is 23.7 Å². The van der Waals surface area contributed by atoms with Gasteiger partial charge < -0.3 is 10.6 Å². The van der Waals surface area contributed by atoms with Gasteiger partial charge in [-0.15, -0.1) is 0 Å². The molecule has 4 heteroatoms. The van der Waals surface area contributed by atoms with Crippen LogP contribution in [0.25, 0.3) is 0 Å². The lowest BCUT2D eigenvalue weighted by Gasteiger charge is -2.26. The predicted octanol–water partition coefficient (Wildman–Crippen LogP) is 2.42. The fraction of sp³-hybridized carbons (Fsp3) is 0.533. The number of carbonyl (C=O) groups excluding carboxylic acids is 1. The Kier molecular flexibility index (Phi) is 4.16. The van der Waals surface area contributed by atoms with Crippen LogP contribution in [0.1, 0.15) is 25.8 Å². The van der Waals surface area contributed by atoms with Gasteiger partial charge in [0.1, 0.15) is 0 Å². The Balaban J connectivity index is 2.34. The van der Waals surface area contributed by atoms with Crippen LogP contribution in [0.4, 0.5) is 0 Å². The van der Waals surface area contributed by atoms with Crippen molar-refractivity contribution in [1.29, 1.82) is 0 Å². The van der Waals surface area contributed by atoms with Gasteiger partial charge in [-0.05, 0) is 50.4 Å². The van der Waals surface area contributed by atoms with Crippen LogP contribution in [-0.4, -0.2) is 30.4 Å². The zero-order chi connectivity index (χ0) is 14.0. The Morgan fingerprint density at radius 3 is 2.37 bits per heavy atom. The molecule has 1 amide bonds. The van der Waals surface area contributed by atoms with Crippen molar-refractivity contribution in [3.63, 3.8) is 0 Å². The normalized spacial score (nSPS) is 25.2. The van der Waals surface area contributed by atoms with Crippen molar-refractivity contribution < 1.29 is 4.79 Å². The number of nitrogens with two attached hydrogens (primary N) is 1. The van der Waals surface area contributed by atoms with Gasteiger partial charge in [0, 0.05) is 18.1 Å². The lowest BCUT2D eigenvalue weighted by Crippen LogP contribution is -2.40. The smallest absolute Gasteiger partial charge is 0.233 e. The number of rotatable bonds is 5. The van der Waals surface area contributed by atoms with Crippen molar-refractivity contribution in [1.82, 2.24) is 4.90 Å². The maximum atomic E-state index is 12.8. The van der Waals surface area contributed by atoms with Crippen LogP contribution in [-0.2, 0) is 10.2 Å². The zero-order valence-corrected chi connectivity index (χ0v) is 12.3. The third-order valence-corrected chi connectivity index (χ3v) is 4.43. The van der Waals surface area contributed by atoms with Crippen LogP contribution in [0.2, 0.25) is 5.02 Å². The number of carbonyl (C=O) groups is 1. The SMILES string of the molecule is CCN(CC)C(=O)[C@@]1(c2ccc(Cl)cc2)C[C@H]1CN. The van der Waals surface area contributed by atoms with E-state index < -0.39 is 5.41 Å². The Morgan fingerprint density at radius 1 is 1.37 bits per heavy atom. The van der Waals surface area contributed by atoms with E-state index in [4.69, 9.17) is 17.3 Å². The average molecular weight is 281 g/mol. The van der Waals surface area contributed by atoms with Gasteiger partial charge in [0.2, 0.25) is 5.91 Å². The molecule has 1 aromatic carbocycles. The summed E-state index contributed by atoms with van der Waals surface area (Å²) < 4.78 is 0. The quantitative estimate of drug-likeness (QED) is 0.900. The maximum Gasteiger partial charge on any atom is 0.233 e. The molecule has 1 aliphatic carbocycles. The third-order valence-electron chi connectivity index (χ3n) is 4.18. The molecule has 104 valence electrons. The summed E-state index contributed by atoms with van der Waals surface area (Å²) >= 11 is 5.93. The monoisotopic (exact) mass is 280 g/mol. The molecule has 0 radical (unpaired) electrons. The number of benzene rings is 1. The van der Waals surface area contributed by atoms with Gasteiger partial charge in [-0.3, -0.25) is 4.79 Å². The van der Waals surface area contributed by atoms with Crippen LogP contribution in [0.5, 0.6) is 0 Å². The first-order valence-electron chi connectivity index (χ1n) is 6.85. The molecule has 0 unspecified atom stereocenters. The summed E-state index contributed by atoms with van der Waals surface area (Å²) in [5, 5.41) is 0.694. The van der Waals surface area contributed by atoms with Gasteiger partial charge in [0.25, 0.3) is 0 Å². The van der Waals surface area contributed by atoms with Crippen molar-refractivity contribution in [2.75, 3.05) is 19.6 Å². The van der Waals surface area contributed by atoms with E-state index in [-0.39, 0.29) is 11.8 Å². The molecule has 0 aliphatic heterocycles. The van der Waals surface area contributed by atoms with E-state index in [0.717, 1.165) is 25.1 Å². The molecule has 2 rings (SSSR count). The minimum atomic E-state index is -0.411. The summed E-state index contributed by atoms with van der Waals surface area (Å²) in [6.45, 7) is 6.05. The highest BCUT2D eigenvalue weighted by Crippen LogP contribution is 2.55. The summed E-state index contributed by atoms with van der Waals surface area (Å²) in [4.78, 5) is 14.7. The Hall–Kier alpha value is -1.06. The lowest BCUT2D eigenvalue weighted by molar-refractivity contribution is -0.134. The van der Waals surface area contributed by atoms with Crippen LogP contribution in [0.3, 0.4) is 0 Å². The molecule has 1 aliphatic rings. The van der Waals surface area contributed by atoms with Crippen LogP contribution in [0.15, 0.2) is 24.3 Å². The molecule has 0 spiro atoms. The molecule has 0 heterocycles. The molecule has 2 N–H and O–H groups in total. The highest BCUT2D eigenvalue weighted by atomic mass is 35.5. The number of amides is 1. The van der Waals surface area contributed by atoms with Crippen molar-refractivity contribution >= 4 is 17.5 Å². The van der Waals surface area contributed by atoms with E-state index in [1.165, 1.54) is 0 Å². The lowest BCUT2D eigenvalue weighted by atomic mass is 9.91. The molecule has 0 saturated heterocycles. The minimum absolute atomic E-state index is 0.204. The topological polar surface area (TPSA) is 46.3 Å². The number of nitrogens with zero attached hydrogens (tertiary/aromatic N) is 1. The summed E-state index contributed by atoms with van der Waals surface area (Å²) in [6.07, 6.45) is 0.848. The number of hydrogen-bond donors (Lipinski definition) is 1. The van der Waals surface area contributed by atoms with Crippen molar-refractivity contribution in [2.24, 2.45) is 11.7 Å². The van der Waals surface area contributed by atoms with Gasteiger partial charge in [-0.2, -0.15) is 0 Å². The molecular weight excluding hydrogens is 260 g/mol. The van der Waals surface area contributed by atoms with Gasteiger partial charge in [-0.25, -0.2) is 0 Å². The molecule has 3 nitrogen and oxygen atoms in total. The van der Waals surface area contributed by atoms with Gasteiger partial charge >= 0.3 is 0 Å². The third kappa shape index (κ3) is 2.37. The zero-order valence-electron chi connectivity index (χ0n) is 11.5. The van der Waals surface area contributed by atoms with Crippen LogP contribution in [0, 0.1) is 5.92 Å². The standard InChI is InChI=1S/C15H21ClN2O/c1-3-18(4-2)14(19)15(9-12(15)10-17)11-5-7-13(16)8-6-11/h5-8,12H,3-4,9-10,17H2,1-2H3/t12-,15+/m0/s1. The Labute approximate surface area is 119 Å². The number of halogens is 1. The Bertz CT molecular complexity index is 456. The second-order valence-corrected chi connectivity index (χ2v) is 5.53. The molecule has 19 heavy (non-hydrogen) atoms. The fourth-order valence-corrected chi connectivity index (χ4v) is 3.02. The highest BCUT2D eigenvalue weighted by Gasteiger charge is 2.61. The first-order valence-corrected chi connectivity index (χ1v) is 7.23. The molecule has 1 aromatic rings. The van der Waals surface area contributed by atoms with Gasteiger partial charge in [0.05, 0.1) is 5.41 Å². The van der Waals surface area contributed by atoms with Crippen molar-refractivity contribution in [3.8, 4) is 0 Å². The fourth-order valence-electron chi connectivity index (χ4n) is 2.89. The minimum Gasteiger partial charge on any atom is -0.342 e. The summed E-state index contributed by atoms with van der Waals surface area (Å²) in [5.41, 5.74) is 6.43. The van der Waals surface area contributed by atoms with E-state index >= 15 is 0 Å². The second-order valence-electron chi connectivity index (χ2n) is 5.09.